The van der Waals surface area contributed by atoms with E-state index in [-0.39, 0.29) is 0 Å². The summed E-state index contributed by atoms with van der Waals surface area (Å²) >= 11 is 0. The molecule has 2 heterocycles. The second-order valence-electron chi connectivity index (χ2n) is 21.5. The van der Waals surface area contributed by atoms with Crippen molar-refractivity contribution in [2.24, 2.45) is 21.7 Å². The summed E-state index contributed by atoms with van der Waals surface area (Å²) in [5.41, 5.74) is -0.850. The number of halogens is 2. The van der Waals surface area contributed by atoms with E-state index < -0.39 is 82.3 Å². The number of carbonyl (C=O) groups is 4. The Bertz CT molecular complexity index is 2410. The van der Waals surface area contributed by atoms with Gasteiger partial charge in [-0.25, -0.2) is 19.6 Å². The van der Waals surface area contributed by atoms with E-state index in [1.54, 1.807) is 27.7 Å². The van der Waals surface area contributed by atoms with Gasteiger partial charge in [-0.2, -0.15) is 0 Å². The minimum atomic E-state index is -1.84. The van der Waals surface area contributed by atoms with Crippen LogP contribution in [0.15, 0.2) is 60.7 Å². The quantitative estimate of drug-likeness (QED) is 0.0852. The highest BCUT2D eigenvalue weighted by Crippen LogP contribution is 2.41. The number of ether oxygens (including phenoxy) is 2. The number of nitrogens with one attached hydrogen (secondary N) is 4. The largest absolute Gasteiger partial charge is 0.432 e. The van der Waals surface area contributed by atoms with Gasteiger partial charge >= 0.3 is 12.2 Å². The monoisotopic (exact) mass is 915 g/mol. The molecule has 5 rings (SSSR count). The molecule has 0 spiro atoms. The number of fused-ring (bicyclic) bond motifs is 2. The molecule has 4 N–H and O–H groups in total. The van der Waals surface area contributed by atoms with Crippen LogP contribution in [0, 0.1) is 21.7 Å². The molecular formula is C50H68F2N8O6. The van der Waals surface area contributed by atoms with E-state index >= 15 is 0 Å². The molecule has 1 unspecified atom stereocenters. The van der Waals surface area contributed by atoms with Crippen LogP contribution in [0.1, 0.15) is 107 Å². The molecule has 4 amide bonds. The van der Waals surface area contributed by atoms with Gasteiger partial charge in [-0.3, -0.25) is 18.4 Å². The van der Waals surface area contributed by atoms with Gasteiger partial charge in [0.15, 0.2) is 11.2 Å². The van der Waals surface area contributed by atoms with Gasteiger partial charge in [0.05, 0.1) is 47.5 Å². The van der Waals surface area contributed by atoms with Gasteiger partial charge in [0.2, 0.25) is 0 Å². The van der Waals surface area contributed by atoms with Gasteiger partial charge in [-0.1, -0.05) is 106 Å². The molecule has 0 bridgehead atoms. The molecule has 16 heteroatoms. The molecule has 14 nitrogen and oxygen atoms in total. The highest BCUT2D eigenvalue weighted by molar-refractivity contribution is 5.90. The number of amides is 4. The fourth-order valence-electron chi connectivity index (χ4n) is 7.24. The molecule has 0 saturated carbocycles. The maximum absolute atomic E-state index is 14.4. The average Bonchev–Trinajstić information content (AvgIpc) is 3.86. The topological polar surface area (TPSA) is 175 Å². The van der Waals surface area contributed by atoms with E-state index in [1.165, 1.54) is 51.8 Å². The standard InChI is InChI=1S/C50H68F2N8O6/c1-45(2,3)37(57-41(61)49(11,47(7,8)27-51)65-43(63)59(13)14)39-53-33-23-21-31(25-35(33)55-39)29-17-19-30(20-18-29)32-22-24-34-36(26-32)56-40(54-34)38(46(4,5)6)58-42(62)50(12,48(9,10)28-52)66-44(64)60(15)16/h17-26,37-38H,27-28H2,1-16H3,(H,53,55)(H,54,56)(H,57,61)(H,58,62)/t37-,38-,49+,50?/m1/s1. The van der Waals surface area contributed by atoms with Crippen LogP contribution in [0.2, 0.25) is 0 Å². The van der Waals surface area contributed by atoms with Gasteiger partial charge in [0.25, 0.3) is 11.8 Å². The molecule has 5 aromatic rings. The number of alkyl halides is 2. The maximum Gasteiger partial charge on any atom is 0.410 e. The summed E-state index contributed by atoms with van der Waals surface area (Å²) < 4.78 is 40.2. The number of rotatable bonds is 14. The van der Waals surface area contributed by atoms with Crippen LogP contribution in [0.4, 0.5) is 18.4 Å². The summed E-state index contributed by atoms with van der Waals surface area (Å²) in [6.07, 6.45) is -1.52. The number of hydrogen-bond acceptors (Lipinski definition) is 8. The Kier molecular flexibility index (Phi) is 14.1. The first-order valence-corrected chi connectivity index (χ1v) is 22.0. The zero-order chi connectivity index (χ0) is 49.5. The maximum atomic E-state index is 14.4. The van der Waals surface area contributed by atoms with E-state index in [4.69, 9.17) is 19.4 Å². The lowest BCUT2D eigenvalue weighted by Crippen LogP contribution is -2.60. The van der Waals surface area contributed by atoms with Crippen LogP contribution in [0.25, 0.3) is 44.3 Å². The number of imidazole rings is 2. The predicted octanol–water partition coefficient (Wildman–Crippen LogP) is 10.1. The SMILES string of the molecule is CN(C)C(=O)OC(C)(C(=O)N[C@H](c1nc2ccc(-c3ccc(-c4ccc5nc([C@@H](NC(=O)[C@](C)(OC(=O)N(C)C)C(C)(C)CF)C(C)(C)C)[nH]c5c4)cc3)cc2[nH]1)C(C)(C)C)C(C)(C)CF. The number of carbonyl (C=O) groups excluding carboxylic acids is 4. The smallest absolute Gasteiger partial charge is 0.410 e. The normalized spacial score (nSPS) is 15.3. The van der Waals surface area contributed by atoms with Crippen molar-refractivity contribution in [2.75, 3.05) is 41.5 Å². The minimum Gasteiger partial charge on any atom is -0.432 e. The fraction of sp³-hybridized carbons (Fsp3) is 0.520. The molecular weight excluding hydrogens is 847 g/mol. The fourth-order valence-corrected chi connectivity index (χ4v) is 7.24. The number of H-pyrrole nitrogens is 2. The average molecular weight is 915 g/mol. The molecule has 0 aliphatic heterocycles. The summed E-state index contributed by atoms with van der Waals surface area (Å²) in [5, 5.41) is 6.07. The number of hydrogen-bond donors (Lipinski definition) is 4. The Hall–Kier alpha value is -6.06. The summed E-state index contributed by atoms with van der Waals surface area (Å²) in [6.45, 7) is 19.0. The van der Waals surface area contributed by atoms with Crippen LogP contribution in [0.3, 0.4) is 0 Å². The molecule has 0 aliphatic rings. The lowest BCUT2D eigenvalue weighted by molar-refractivity contribution is -0.156. The number of nitrogens with zero attached hydrogens (tertiary/aromatic N) is 4. The third-order valence-corrected chi connectivity index (χ3v) is 12.8. The highest BCUT2D eigenvalue weighted by Gasteiger charge is 2.54. The zero-order valence-electron chi connectivity index (χ0n) is 41.3. The Morgan fingerprint density at radius 2 is 0.848 bits per heavy atom. The Balaban J connectivity index is 1.40. The minimum absolute atomic E-state index is 0.496. The predicted molar refractivity (Wildman–Crippen MR) is 254 cm³/mol. The molecule has 2 aromatic heterocycles. The van der Waals surface area contributed by atoms with Crippen LogP contribution in [0.5, 0.6) is 0 Å². The van der Waals surface area contributed by atoms with E-state index in [0.717, 1.165) is 33.3 Å². The van der Waals surface area contributed by atoms with Crippen molar-refractivity contribution in [1.82, 2.24) is 40.4 Å². The first-order valence-electron chi connectivity index (χ1n) is 22.0. The van der Waals surface area contributed by atoms with E-state index in [1.807, 2.05) is 102 Å². The molecule has 0 saturated heterocycles. The summed E-state index contributed by atoms with van der Waals surface area (Å²) in [7, 11) is 5.99. The van der Waals surface area contributed by atoms with Crippen LogP contribution >= 0.6 is 0 Å². The summed E-state index contributed by atoms with van der Waals surface area (Å²) in [5.74, 6) is -0.293. The van der Waals surface area contributed by atoms with Crippen molar-refractivity contribution in [2.45, 2.75) is 106 Å². The van der Waals surface area contributed by atoms with Crippen LogP contribution < -0.4 is 10.6 Å². The summed E-state index contributed by atoms with van der Waals surface area (Å²) in [4.78, 5) is 72.4. The van der Waals surface area contributed by atoms with Crippen molar-refractivity contribution in [3.8, 4) is 22.3 Å². The van der Waals surface area contributed by atoms with E-state index in [0.29, 0.717) is 22.7 Å². The van der Waals surface area contributed by atoms with Crippen LogP contribution in [-0.4, -0.2) is 106 Å². The number of aromatic nitrogens is 4. The van der Waals surface area contributed by atoms with E-state index in [2.05, 4.69) is 20.6 Å². The van der Waals surface area contributed by atoms with Gasteiger partial charge in [0.1, 0.15) is 11.6 Å². The molecule has 3 aromatic carbocycles. The number of aromatic amines is 2. The molecule has 358 valence electrons. The Labute approximate surface area is 387 Å². The first kappa shape index (κ1) is 50.9. The number of benzene rings is 3. The summed E-state index contributed by atoms with van der Waals surface area (Å²) in [6, 6.07) is 18.5. The second-order valence-corrected chi connectivity index (χ2v) is 21.5. The first-order chi connectivity index (χ1) is 30.4. The Morgan fingerprint density at radius 1 is 0.545 bits per heavy atom. The molecule has 0 fully saturated rings. The Morgan fingerprint density at radius 3 is 1.12 bits per heavy atom. The lowest BCUT2D eigenvalue weighted by atomic mass is 9.75. The van der Waals surface area contributed by atoms with E-state index in [9.17, 15) is 28.0 Å². The second kappa shape index (κ2) is 18.3. The molecule has 4 atom stereocenters. The lowest BCUT2D eigenvalue weighted by Gasteiger charge is -2.42. The molecule has 66 heavy (non-hydrogen) atoms. The van der Waals surface area contributed by atoms with Gasteiger partial charge in [-0.05, 0) is 71.2 Å². The van der Waals surface area contributed by atoms with Gasteiger partial charge in [0, 0.05) is 39.0 Å². The van der Waals surface area contributed by atoms with Crippen molar-refractivity contribution >= 4 is 46.1 Å². The molecule has 0 radical (unpaired) electrons. The van der Waals surface area contributed by atoms with Gasteiger partial charge < -0.3 is 39.9 Å². The zero-order valence-corrected chi connectivity index (χ0v) is 41.3. The van der Waals surface area contributed by atoms with Crippen molar-refractivity contribution in [1.29, 1.82) is 0 Å². The third-order valence-electron chi connectivity index (χ3n) is 12.8. The third kappa shape index (κ3) is 10.2. The van der Waals surface area contributed by atoms with Crippen molar-refractivity contribution < 1.29 is 37.4 Å². The van der Waals surface area contributed by atoms with Crippen molar-refractivity contribution in [3.63, 3.8) is 0 Å². The molecule has 0 aliphatic carbocycles. The van der Waals surface area contributed by atoms with Gasteiger partial charge in [-0.15, -0.1) is 0 Å². The van der Waals surface area contributed by atoms with Crippen LogP contribution in [-0.2, 0) is 19.1 Å². The van der Waals surface area contributed by atoms with Crippen molar-refractivity contribution in [3.05, 3.63) is 72.3 Å². The highest BCUT2D eigenvalue weighted by atomic mass is 19.1.